The van der Waals surface area contributed by atoms with E-state index < -0.39 is 47.7 Å². The Morgan fingerprint density at radius 2 is 1.07 bits per heavy atom. The first-order valence-electron chi connectivity index (χ1n) is 13.0. The lowest BCUT2D eigenvalue weighted by Crippen LogP contribution is -2.58. The van der Waals surface area contributed by atoms with Crippen molar-refractivity contribution in [3.8, 4) is 11.5 Å². The number of carbonyl (C=O) groups is 2. The number of hydrogen-bond acceptors (Lipinski definition) is 9. The first kappa shape index (κ1) is 30.8. The molecule has 3 rings (SSSR count). The fraction of sp³-hybridized carbons (Fsp3) is 0.483. The smallest absolute Gasteiger partial charge is 0.408 e. The first-order valence-corrected chi connectivity index (χ1v) is 13.4. The maximum Gasteiger partial charge on any atom is 0.408 e. The number of amides is 2. The second-order valence-corrected chi connectivity index (χ2v) is 11.5. The zero-order valence-corrected chi connectivity index (χ0v) is 24.5. The van der Waals surface area contributed by atoms with Crippen LogP contribution in [0.2, 0.25) is 0 Å². The topological polar surface area (TPSA) is 114 Å². The van der Waals surface area contributed by atoms with Gasteiger partial charge in [0.15, 0.2) is 12.2 Å². The van der Waals surface area contributed by atoms with Crippen molar-refractivity contribution in [2.24, 2.45) is 0 Å². The Bertz CT molecular complexity index is 1030. The Morgan fingerprint density at radius 3 is 1.40 bits per heavy atom. The van der Waals surface area contributed by atoms with E-state index in [0.29, 0.717) is 11.5 Å². The number of carbonyl (C=O) groups excluding carboxylic acids is 2. The normalized spacial score (nSPS) is 18.4. The van der Waals surface area contributed by atoms with Crippen LogP contribution in [-0.4, -0.2) is 66.1 Å². The third kappa shape index (κ3) is 10.4. The number of para-hydroxylation sites is 2. The number of benzene rings is 2. The molecule has 0 aromatic heterocycles. The molecule has 1 fully saturated rings. The van der Waals surface area contributed by atoms with Gasteiger partial charge in [-0.15, -0.1) is 0 Å². The molecule has 0 spiro atoms. The molecule has 0 radical (unpaired) electrons. The Balaban J connectivity index is 1.86. The van der Waals surface area contributed by atoms with Crippen molar-refractivity contribution in [1.82, 2.24) is 10.6 Å². The number of hydrogen-bond donors (Lipinski definition) is 2. The highest BCUT2D eigenvalue weighted by atomic mass is 32.1. The lowest BCUT2D eigenvalue weighted by molar-refractivity contribution is 0.0204. The van der Waals surface area contributed by atoms with Gasteiger partial charge in [-0.05, 0) is 65.8 Å². The van der Waals surface area contributed by atoms with Gasteiger partial charge >= 0.3 is 17.4 Å². The van der Waals surface area contributed by atoms with E-state index in [9.17, 15) is 9.59 Å². The van der Waals surface area contributed by atoms with Crippen molar-refractivity contribution in [1.29, 1.82) is 0 Å². The van der Waals surface area contributed by atoms with Crippen LogP contribution in [0, 0.1) is 0 Å². The van der Waals surface area contributed by atoms with E-state index >= 15 is 0 Å². The lowest BCUT2D eigenvalue weighted by atomic mass is 10.00. The molecule has 2 aromatic carbocycles. The van der Waals surface area contributed by atoms with Gasteiger partial charge in [-0.25, -0.2) is 9.59 Å². The van der Waals surface area contributed by atoms with Crippen molar-refractivity contribution in [2.45, 2.75) is 77.0 Å². The van der Waals surface area contributed by atoms with Crippen LogP contribution < -0.4 is 20.1 Å². The summed E-state index contributed by atoms with van der Waals surface area (Å²) in [5, 5.41) is 5.50. The molecule has 2 aromatic rings. The SMILES string of the molecule is CC(C)(C)OC(=O)N[C@@H](COc1ccccc1)[C@H]1OC(=S)O[C@@H]1[C@H](COc1ccccc1)NC(=O)OC(C)(C)C. The first-order chi connectivity index (χ1) is 18.8. The van der Waals surface area contributed by atoms with Crippen LogP contribution in [-0.2, 0) is 18.9 Å². The summed E-state index contributed by atoms with van der Waals surface area (Å²) in [5.74, 6) is 1.18. The highest BCUT2D eigenvalue weighted by Crippen LogP contribution is 2.25. The van der Waals surface area contributed by atoms with Crippen LogP contribution in [0.5, 0.6) is 11.5 Å². The van der Waals surface area contributed by atoms with Gasteiger partial charge in [0.2, 0.25) is 0 Å². The van der Waals surface area contributed by atoms with Gasteiger partial charge in [-0.3, -0.25) is 0 Å². The van der Waals surface area contributed by atoms with E-state index in [1.54, 1.807) is 65.8 Å². The van der Waals surface area contributed by atoms with Crippen LogP contribution in [0.4, 0.5) is 9.59 Å². The van der Waals surface area contributed by atoms with E-state index in [0.717, 1.165) is 0 Å². The second-order valence-electron chi connectivity index (χ2n) is 11.2. The standard InChI is InChI=1S/C29H38N2O8S/c1-28(2,3)38-25(32)30-21(17-34-19-13-9-7-10-14-19)23-24(37-27(40)36-23)22(31-26(33)39-29(4,5)6)18-35-20-15-11-8-12-16-20/h7-16,21-24H,17-18H2,1-6H3,(H,30,32)(H,31,33)/t21-,22-,23+,24+/m0/s1. The van der Waals surface area contributed by atoms with Gasteiger partial charge in [-0.2, -0.15) is 0 Å². The molecule has 1 heterocycles. The highest BCUT2D eigenvalue weighted by Gasteiger charge is 2.47. The van der Waals surface area contributed by atoms with Crippen molar-refractivity contribution < 1.29 is 38.0 Å². The molecule has 218 valence electrons. The number of thiocarbonyl (C=S) groups is 1. The molecule has 40 heavy (non-hydrogen) atoms. The fourth-order valence-corrected chi connectivity index (χ4v) is 3.99. The Hall–Kier alpha value is -3.73. The predicted octanol–water partition coefficient (Wildman–Crippen LogP) is 5.00. The maximum atomic E-state index is 12.8. The van der Waals surface area contributed by atoms with E-state index in [1.807, 2.05) is 36.4 Å². The average Bonchev–Trinajstić information content (AvgIpc) is 3.24. The third-order valence-electron chi connectivity index (χ3n) is 5.33. The maximum absolute atomic E-state index is 12.8. The molecule has 0 unspecified atom stereocenters. The Labute approximate surface area is 240 Å². The minimum Gasteiger partial charge on any atom is -0.491 e. The zero-order valence-electron chi connectivity index (χ0n) is 23.7. The molecular weight excluding hydrogens is 536 g/mol. The third-order valence-corrected chi connectivity index (χ3v) is 5.52. The second kappa shape index (κ2) is 13.6. The molecule has 1 aliphatic heterocycles. The van der Waals surface area contributed by atoms with Gasteiger partial charge in [-0.1, -0.05) is 36.4 Å². The van der Waals surface area contributed by atoms with E-state index in [-0.39, 0.29) is 18.5 Å². The van der Waals surface area contributed by atoms with Gasteiger partial charge < -0.3 is 39.1 Å². The molecule has 2 amide bonds. The summed E-state index contributed by atoms with van der Waals surface area (Å²) in [6.45, 7) is 10.6. The Kier molecular flexibility index (Phi) is 10.4. The average molecular weight is 575 g/mol. The minimum atomic E-state index is -0.872. The molecule has 10 nitrogen and oxygen atoms in total. The molecular formula is C29H38N2O8S. The molecule has 2 N–H and O–H groups in total. The van der Waals surface area contributed by atoms with Gasteiger partial charge in [0.05, 0.1) is 0 Å². The molecule has 11 heteroatoms. The van der Waals surface area contributed by atoms with Gasteiger partial charge in [0.25, 0.3) is 0 Å². The molecule has 0 saturated carbocycles. The van der Waals surface area contributed by atoms with E-state index in [1.165, 1.54) is 0 Å². The van der Waals surface area contributed by atoms with Crippen LogP contribution >= 0.6 is 12.2 Å². The Morgan fingerprint density at radius 1 is 0.725 bits per heavy atom. The quantitative estimate of drug-likeness (QED) is 0.379. The van der Waals surface area contributed by atoms with Crippen molar-refractivity contribution in [3.05, 3.63) is 60.7 Å². The van der Waals surface area contributed by atoms with Crippen molar-refractivity contribution in [2.75, 3.05) is 13.2 Å². The van der Waals surface area contributed by atoms with Gasteiger partial charge in [0.1, 0.15) is 48.0 Å². The van der Waals surface area contributed by atoms with Crippen LogP contribution in [0.1, 0.15) is 41.5 Å². The van der Waals surface area contributed by atoms with Crippen LogP contribution in [0.15, 0.2) is 60.7 Å². The molecule has 0 aliphatic carbocycles. The lowest BCUT2D eigenvalue weighted by Gasteiger charge is -2.32. The molecule has 1 aliphatic rings. The van der Waals surface area contributed by atoms with E-state index in [4.69, 9.17) is 40.6 Å². The molecule has 0 bridgehead atoms. The number of ether oxygens (including phenoxy) is 6. The van der Waals surface area contributed by atoms with Crippen molar-refractivity contribution in [3.63, 3.8) is 0 Å². The monoisotopic (exact) mass is 574 g/mol. The summed E-state index contributed by atoms with van der Waals surface area (Å²) in [7, 11) is 0. The predicted molar refractivity (Wildman–Crippen MR) is 153 cm³/mol. The number of nitrogens with one attached hydrogen (secondary N) is 2. The summed E-state index contributed by atoms with van der Waals surface area (Å²) < 4.78 is 34.6. The fourth-order valence-electron chi connectivity index (χ4n) is 3.77. The summed E-state index contributed by atoms with van der Waals surface area (Å²) in [6, 6.07) is 16.6. The minimum absolute atomic E-state index is 0.00486. The summed E-state index contributed by atoms with van der Waals surface area (Å²) in [5.41, 5.74) is -1.47. The van der Waals surface area contributed by atoms with Crippen LogP contribution in [0.3, 0.4) is 0 Å². The highest BCUT2D eigenvalue weighted by molar-refractivity contribution is 7.79. The molecule has 1 saturated heterocycles. The summed E-state index contributed by atoms with van der Waals surface area (Å²) in [6.07, 6.45) is -3.09. The zero-order chi connectivity index (χ0) is 29.3. The van der Waals surface area contributed by atoms with Crippen molar-refractivity contribution >= 4 is 29.6 Å². The van der Waals surface area contributed by atoms with E-state index in [2.05, 4.69) is 10.6 Å². The number of alkyl carbamates (subject to hydrolysis) is 2. The summed E-state index contributed by atoms with van der Waals surface area (Å²) in [4.78, 5) is 25.6. The van der Waals surface area contributed by atoms with Crippen LogP contribution in [0.25, 0.3) is 0 Å². The largest absolute Gasteiger partial charge is 0.491 e. The number of rotatable bonds is 10. The van der Waals surface area contributed by atoms with Gasteiger partial charge in [0, 0.05) is 12.2 Å². The molecule has 4 atom stereocenters. The summed E-state index contributed by atoms with van der Waals surface area (Å²) >= 11 is 5.26.